The summed E-state index contributed by atoms with van der Waals surface area (Å²) in [6, 6.07) is 10.7. The Balaban J connectivity index is 2.27. The van der Waals surface area contributed by atoms with E-state index in [1.54, 1.807) is 24.3 Å². The van der Waals surface area contributed by atoms with E-state index < -0.39 is 0 Å². The molecule has 0 saturated carbocycles. The Labute approximate surface area is 121 Å². The molecule has 0 aliphatic carbocycles. The normalized spacial score (nSPS) is 12.4. The van der Waals surface area contributed by atoms with E-state index in [9.17, 15) is 8.78 Å². The third-order valence-electron chi connectivity index (χ3n) is 3.01. The molecule has 0 saturated heterocycles. The molecule has 2 aromatic rings. The van der Waals surface area contributed by atoms with Gasteiger partial charge in [0.05, 0.1) is 0 Å². The van der Waals surface area contributed by atoms with Crippen molar-refractivity contribution in [1.82, 2.24) is 0 Å². The summed E-state index contributed by atoms with van der Waals surface area (Å²) in [7, 11) is 0. The van der Waals surface area contributed by atoms with Crippen molar-refractivity contribution in [2.24, 2.45) is 0 Å². The van der Waals surface area contributed by atoms with Crippen molar-refractivity contribution in [3.8, 4) is 0 Å². The highest BCUT2D eigenvalue weighted by Crippen LogP contribution is 2.28. The third kappa shape index (κ3) is 3.46. The summed E-state index contributed by atoms with van der Waals surface area (Å²) in [4.78, 5) is 0. The second kappa shape index (κ2) is 6.36. The number of halogens is 4. The standard InChI is InChI=1S/C15H12Cl2F2/c16-9-11(13-3-1-2-4-15(13)19)7-10-5-6-12(18)8-14(10)17/h1-6,8,11H,7,9H2. The molecule has 1 atom stereocenters. The zero-order valence-electron chi connectivity index (χ0n) is 10.0. The minimum Gasteiger partial charge on any atom is -0.207 e. The predicted octanol–water partition coefficient (Wildman–Crippen LogP) is 5.18. The van der Waals surface area contributed by atoms with E-state index in [4.69, 9.17) is 23.2 Å². The molecule has 0 N–H and O–H groups in total. The largest absolute Gasteiger partial charge is 0.207 e. The second-order valence-corrected chi connectivity index (χ2v) is 5.03. The van der Waals surface area contributed by atoms with Crippen molar-refractivity contribution in [1.29, 1.82) is 0 Å². The van der Waals surface area contributed by atoms with Crippen molar-refractivity contribution < 1.29 is 8.78 Å². The molecule has 0 radical (unpaired) electrons. The molecule has 0 amide bonds. The van der Waals surface area contributed by atoms with Gasteiger partial charge in [-0.15, -0.1) is 11.6 Å². The monoisotopic (exact) mass is 300 g/mol. The maximum absolute atomic E-state index is 13.7. The lowest BCUT2D eigenvalue weighted by atomic mass is 9.93. The quantitative estimate of drug-likeness (QED) is 0.682. The molecule has 1 unspecified atom stereocenters. The molecule has 19 heavy (non-hydrogen) atoms. The number of hydrogen-bond donors (Lipinski definition) is 0. The van der Waals surface area contributed by atoms with Crippen molar-refractivity contribution in [3.63, 3.8) is 0 Å². The van der Waals surface area contributed by atoms with Crippen LogP contribution in [-0.2, 0) is 6.42 Å². The summed E-state index contributed by atoms with van der Waals surface area (Å²) < 4.78 is 26.7. The van der Waals surface area contributed by atoms with Gasteiger partial charge in [0.25, 0.3) is 0 Å². The van der Waals surface area contributed by atoms with Gasteiger partial charge in [-0.2, -0.15) is 0 Å². The number of benzene rings is 2. The molecular weight excluding hydrogens is 289 g/mol. The van der Waals surface area contributed by atoms with Crippen LogP contribution in [0.5, 0.6) is 0 Å². The smallest absolute Gasteiger partial charge is 0.126 e. The zero-order valence-corrected chi connectivity index (χ0v) is 11.6. The molecule has 4 heteroatoms. The molecular formula is C15H12Cl2F2. The van der Waals surface area contributed by atoms with Crippen molar-refractivity contribution in [2.75, 3.05) is 5.88 Å². The Morgan fingerprint density at radius 1 is 1.05 bits per heavy atom. The van der Waals surface area contributed by atoms with Gasteiger partial charge in [-0.05, 0) is 35.7 Å². The summed E-state index contributed by atoms with van der Waals surface area (Å²) in [5, 5.41) is 0.339. The van der Waals surface area contributed by atoms with Crippen LogP contribution in [0.1, 0.15) is 17.0 Å². The topological polar surface area (TPSA) is 0 Å². The van der Waals surface area contributed by atoms with Crippen molar-refractivity contribution in [3.05, 3.63) is 70.2 Å². The van der Waals surface area contributed by atoms with Gasteiger partial charge in [0.1, 0.15) is 11.6 Å². The average Bonchev–Trinajstić information content (AvgIpc) is 2.39. The Bertz CT molecular complexity index is 570. The van der Waals surface area contributed by atoms with E-state index in [1.165, 1.54) is 18.2 Å². The summed E-state index contributed by atoms with van der Waals surface area (Å²) in [6.45, 7) is 0. The van der Waals surface area contributed by atoms with Gasteiger partial charge in [0.2, 0.25) is 0 Å². The van der Waals surface area contributed by atoms with Crippen LogP contribution in [0.15, 0.2) is 42.5 Å². The van der Waals surface area contributed by atoms with Crippen molar-refractivity contribution >= 4 is 23.2 Å². The lowest BCUT2D eigenvalue weighted by molar-refractivity contribution is 0.588. The van der Waals surface area contributed by atoms with Gasteiger partial charge >= 0.3 is 0 Å². The Kier molecular flexibility index (Phi) is 4.78. The minimum atomic E-state index is -0.387. The van der Waals surface area contributed by atoms with E-state index in [0.29, 0.717) is 17.0 Å². The van der Waals surface area contributed by atoms with E-state index in [-0.39, 0.29) is 23.4 Å². The molecule has 0 aliphatic heterocycles. The van der Waals surface area contributed by atoms with Gasteiger partial charge in [0, 0.05) is 16.8 Å². The van der Waals surface area contributed by atoms with Gasteiger partial charge in [0.15, 0.2) is 0 Å². The van der Waals surface area contributed by atoms with Crippen LogP contribution in [0, 0.1) is 11.6 Å². The molecule has 0 fully saturated rings. The first-order valence-electron chi connectivity index (χ1n) is 5.86. The number of rotatable bonds is 4. The summed E-state index contributed by atoms with van der Waals surface area (Å²) >= 11 is 11.9. The maximum Gasteiger partial charge on any atom is 0.126 e. The minimum absolute atomic E-state index is 0.189. The van der Waals surface area contributed by atoms with Crippen LogP contribution >= 0.6 is 23.2 Å². The molecule has 0 heterocycles. The first-order valence-corrected chi connectivity index (χ1v) is 6.77. The van der Waals surface area contributed by atoms with Gasteiger partial charge in [-0.3, -0.25) is 0 Å². The van der Waals surface area contributed by atoms with Crippen LogP contribution < -0.4 is 0 Å². The van der Waals surface area contributed by atoms with Crippen LogP contribution in [0.4, 0.5) is 8.78 Å². The predicted molar refractivity (Wildman–Crippen MR) is 75.0 cm³/mol. The van der Waals surface area contributed by atoms with E-state index in [1.807, 2.05) is 0 Å². The molecule has 0 nitrogen and oxygen atoms in total. The van der Waals surface area contributed by atoms with Gasteiger partial charge in [-0.1, -0.05) is 35.9 Å². The fourth-order valence-corrected chi connectivity index (χ4v) is 2.53. The molecule has 2 aromatic carbocycles. The van der Waals surface area contributed by atoms with Crippen LogP contribution in [0.3, 0.4) is 0 Å². The van der Waals surface area contributed by atoms with Crippen molar-refractivity contribution in [2.45, 2.75) is 12.3 Å². The lowest BCUT2D eigenvalue weighted by Crippen LogP contribution is -2.07. The number of alkyl halides is 1. The highest BCUT2D eigenvalue weighted by Gasteiger charge is 2.16. The SMILES string of the molecule is Fc1ccc(CC(CCl)c2ccccc2F)c(Cl)c1. The van der Waals surface area contributed by atoms with E-state index in [2.05, 4.69) is 0 Å². The van der Waals surface area contributed by atoms with E-state index in [0.717, 1.165) is 5.56 Å². The fraction of sp³-hybridized carbons (Fsp3) is 0.200. The van der Waals surface area contributed by atoms with Gasteiger partial charge in [-0.25, -0.2) is 8.78 Å². The second-order valence-electron chi connectivity index (χ2n) is 4.31. The first-order chi connectivity index (χ1) is 9.11. The molecule has 2 rings (SSSR count). The van der Waals surface area contributed by atoms with Crippen LogP contribution in [0.25, 0.3) is 0 Å². The fourth-order valence-electron chi connectivity index (χ4n) is 2.01. The zero-order chi connectivity index (χ0) is 13.8. The summed E-state index contributed by atoms with van der Waals surface area (Å²) in [5.74, 6) is -0.589. The number of hydrogen-bond acceptors (Lipinski definition) is 0. The van der Waals surface area contributed by atoms with Crippen LogP contribution in [-0.4, -0.2) is 5.88 Å². The first kappa shape index (κ1) is 14.3. The lowest BCUT2D eigenvalue weighted by Gasteiger charge is -2.16. The molecule has 0 aromatic heterocycles. The third-order valence-corrected chi connectivity index (χ3v) is 3.74. The Morgan fingerprint density at radius 2 is 1.79 bits per heavy atom. The molecule has 0 spiro atoms. The highest BCUT2D eigenvalue weighted by atomic mass is 35.5. The summed E-state index contributed by atoms with van der Waals surface area (Å²) in [5.41, 5.74) is 1.31. The van der Waals surface area contributed by atoms with Gasteiger partial charge < -0.3 is 0 Å². The summed E-state index contributed by atoms with van der Waals surface area (Å²) in [6.07, 6.45) is 0.476. The average molecular weight is 301 g/mol. The highest BCUT2D eigenvalue weighted by molar-refractivity contribution is 6.31. The Hall–Kier alpha value is -1.12. The molecule has 0 aliphatic rings. The molecule has 100 valence electrons. The van der Waals surface area contributed by atoms with E-state index >= 15 is 0 Å². The maximum atomic E-state index is 13.7. The Morgan fingerprint density at radius 3 is 2.42 bits per heavy atom. The molecule has 0 bridgehead atoms. The van der Waals surface area contributed by atoms with Crippen LogP contribution in [0.2, 0.25) is 5.02 Å².